The SMILES string of the molecule is CCC(CC)(NC(=O)[C@H]1CNC[C@@H]1c1cnn(C)c1)c1ccc(Cl)cc1.Cl. The minimum absolute atomic E-state index is 0. The molecule has 1 aromatic carbocycles. The fraction of sp³-hybridized carbons (Fsp3) is 0.500. The van der Waals surface area contributed by atoms with Crippen LogP contribution in [0.2, 0.25) is 5.02 Å². The second-order valence-corrected chi connectivity index (χ2v) is 7.54. The van der Waals surface area contributed by atoms with Gasteiger partial charge in [0.15, 0.2) is 0 Å². The maximum absolute atomic E-state index is 13.2. The summed E-state index contributed by atoms with van der Waals surface area (Å²) in [6.07, 6.45) is 5.53. The first-order valence-electron chi connectivity index (χ1n) is 9.26. The number of halogens is 2. The van der Waals surface area contributed by atoms with E-state index in [0.29, 0.717) is 11.6 Å². The average molecular weight is 411 g/mol. The summed E-state index contributed by atoms with van der Waals surface area (Å²) in [4.78, 5) is 13.2. The van der Waals surface area contributed by atoms with Gasteiger partial charge in [-0.25, -0.2) is 0 Å². The van der Waals surface area contributed by atoms with Gasteiger partial charge in [-0.15, -0.1) is 12.4 Å². The minimum Gasteiger partial charge on any atom is -0.346 e. The molecule has 5 nitrogen and oxygen atoms in total. The van der Waals surface area contributed by atoms with Crippen LogP contribution in [-0.4, -0.2) is 28.8 Å². The molecule has 1 aliphatic heterocycles. The molecule has 0 aliphatic carbocycles. The maximum Gasteiger partial charge on any atom is 0.225 e. The van der Waals surface area contributed by atoms with Crippen molar-refractivity contribution >= 4 is 29.9 Å². The molecule has 148 valence electrons. The van der Waals surface area contributed by atoms with E-state index >= 15 is 0 Å². The van der Waals surface area contributed by atoms with E-state index in [1.807, 2.05) is 43.7 Å². The fourth-order valence-corrected chi connectivity index (χ4v) is 4.07. The van der Waals surface area contributed by atoms with E-state index in [4.69, 9.17) is 11.6 Å². The van der Waals surface area contributed by atoms with Crippen LogP contribution >= 0.6 is 24.0 Å². The fourth-order valence-electron chi connectivity index (χ4n) is 3.94. The highest BCUT2D eigenvalue weighted by Crippen LogP contribution is 2.33. The number of hydrogen-bond acceptors (Lipinski definition) is 3. The zero-order valence-electron chi connectivity index (χ0n) is 16.0. The molecule has 1 amide bonds. The maximum atomic E-state index is 13.2. The first kappa shape index (κ1) is 21.7. The smallest absolute Gasteiger partial charge is 0.225 e. The van der Waals surface area contributed by atoms with Crippen molar-refractivity contribution in [3.8, 4) is 0 Å². The lowest BCUT2D eigenvalue weighted by Crippen LogP contribution is -2.48. The molecule has 2 N–H and O–H groups in total. The second kappa shape index (κ2) is 9.09. The van der Waals surface area contributed by atoms with E-state index in [2.05, 4.69) is 29.6 Å². The normalized spacial score (nSPS) is 19.6. The van der Waals surface area contributed by atoms with Crippen LogP contribution in [0.1, 0.15) is 43.7 Å². The van der Waals surface area contributed by atoms with Crippen molar-refractivity contribution in [3.05, 3.63) is 52.8 Å². The lowest BCUT2D eigenvalue weighted by molar-refractivity contribution is -0.127. The average Bonchev–Trinajstić information content (AvgIpc) is 3.29. The highest BCUT2D eigenvalue weighted by atomic mass is 35.5. The molecule has 0 unspecified atom stereocenters. The summed E-state index contributed by atoms with van der Waals surface area (Å²) in [6.45, 7) is 5.72. The van der Waals surface area contributed by atoms with Gasteiger partial charge in [-0.2, -0.15) is 5.10 Å². The monoisotopic (exact) mass is 410 g/mol. The summed E-state index contributed by atoms with van der Waals surface area (Å²) in [5.74, 6) is 0.159. The molecule has 1 fully saturated rings. The number of aromatic nitrogens is 2. The minimum atomic E-state index is -0.371. The zero-order chi connectivity index (χ0) is 18.7. The van der Waals surface area contributed by atoms with Crippen LogP contribution in [0.25, 0.3) is 0 Å². The Morgan fingerprint density at radius 2 is 1.96 bits per heavy atom. The van der Waals surface area contributed by atoms with Crippen molar-refractivity contribution in [1.82, 2.24) is 20.4 Å². The van der Waals surface area contributed by atoms with E-state index in [9.17, 15) is 4.79 Å². The number of nitrogens with zero attached hydrogens (tertiary/aromatic N) is 2. The first-order chi connectivity index (χ1) is 12.5. The summed E-state index contributed by atoms with van der Waals surface area (Å²) in [7, 11) is 1.90. The van der Waals surface area contributed by atoms with Crippen molar-refractivity contribution in [2.75, 3.05) is 13.1 Å². The number of carbonyl (C=O) groups excluding carboxylic acids is 1. The highest BCUT2D eigenvalue weighted by Gasteiger charge is 2.38. The molecule has 1 aromatic heterocycles. The van der Waals surface area contributed by atoms with Crippen molar-refractivity contribution in [2.24, 2.45) is 13.0 Å². The molecule has 3 rings (SSSR count). The molecule has 0 spiro atoms. The van der Waals surface area contributed by atoms with Gasteiger partial charge in [0, 0.05) is 37.3 Å². The van der Waals surface area contributed by atoms with Gasteiger partial charge in [0.05, 0.1) is 17.7 Å². The van der Waals surface area contributed by atoms with Gasteiger partial charge in [-0.3, -0.25) is 9.48 Å². The third kappa shape index (κ3) is 4.48. The van der Waals surface area contributed by atoms with E-state index < -0.39 is 0 Å². The molecule has 0 saturated carbocycles. The van der Waals surface area contributed by atoms with Crippen LogP contribution in [0.4, 0.5) is 0 Å². The third-order valence-electron chi connectivity index (χ3n) is 5.67. The molecule has 0 radical (unpaired) electrons. The number of hydrogen-bond donors (Lipinski definition) is 2. The van der Waals surface area contributed by atoms with E-state index in [0.717, 1.165) is 30.5 Å². The van der Waals surface area contributed by atoms with Gasteiger partial charge in [-0.1, -0.05) is 37.6 Å². The Balaban J connectivity index is 0.00000261. The molecule has 7 heteroatoms. The van der Waals surface area contributed by atoms with Gasteiger partial charge in [0.1, 0.15) is 0 Å². The predicted molar refractivity (Wildman–Crippen MR) is 111 cm³/mol. The number of amides is 1. The Morgan fingerprint density at radius 1 is 1.30 bits per heavy atom. The third-order valence-corrected chi connectivity index (χ3v) is 5.92. The molecule has 2 atom stereocenters. The van der Waals surface area contributed by atoms with Gasteiger partial charge < -0.3 is 10.6 Å². The standard InChI is InChI=1S/C20H27ClN4O.ClH/c1-4-20(5-2,15-6-8-16(21)9-7-15)24-19(26)18-12-22-11-17(18)14-10-23-25(3)13-14;/h6-10,13,17-18,22H,4-5,11-12H2,1-3H3,(H,24,26);1H/t17-,18+;/m1./s1. The van der Waals surface area contributed by atoms with Crippen LogP contribution < -0.4 is 10.6 Å². The topological polar surface area (TPSA) is 59.0 Å². The van der Waals surface area contributed by atoms with E-state index in [1.165, 1.54) is 0 Å². The van der Waals surface area contributed by atoms with Gasteiger partial charge in [-0.05, 0) is 36.1 Å². The van der Waals surface area contributed by atoms with Crippen LogP contribution in [-0.2, 0) is 17.4 Å². The summed E-state index contributed by atoms with van der Waals surface area (Å²) in [5, 5.41) is 11.7. The highest BCUT2D eigenvalue weighted by molar-refractivity contribution is 6.30. The molecule has 27 heavy (non-hydrogen) atoms. The van der Waals surface area contributed by atoms with Gasteiger partial charge >= 0.3 is 0 Å². The zero-order valence-corrected chi connectivity index (χ0v) is 17.6. The van der Waals surface area contributed by atoms with Crippen LogP contribution in [0.15, 0.2) is 36.7 Å². The number of aryl methyl sites for hydroxylation is 1. The predicted octanol–water partition coefficient (Wildman–Crippen LogP) is 3.63. The lowest BCUT2D eigenvalue weighted by atomic mass is 9.83. The van der Waals surface area contributed by atoms with Crippen LogP contribution in [0.5, 0.6) is 0 Å². The molecule has 0 bridgehead atoms. The molecule has 1 aliphatic rings. The molecular formula is C20H28Cl2N4O. The summed E-state index contributed by atoms with van der Waals surface area (Å²) >= 11 is 6.04. The quantitative estimate of drug-likeness (QED) is 0.763. The summed E-state index contributed by atoms with van der Waals surface area (Å²) in [6, 6.07) is 7.81. The Kier molecular flexibility index (Phi) is 7.32. The van der Waals surface area contributed by atoms with Crippen molar-refractivity contribution in [2.45, 2.75) is 38.1 Å². The lowest BCUT2D eigenvalue weighted by Gasteiger charge is -2.35. The molecule has 2 aromatic rings. The largest absolute Gasteiger partial charge is 0.346 e. The Morgan fingerprint density at radius 3 is 2.52 bits per heavy atom. The number of carbonyl (C=O) groups is 1. The van der Waals surface area contributed by atoms with Gasteiger partial charge in [0.2, 0.25) is 5.91 Å². The van der Waals surface area contributed by atoms with Crippen molar-refractivity contribution in [3.63, 3.8) is 0 Å². The van der Waals surface area contributed by atoms with E-state index in [-0.39, 0.29) is 35.7 Å². The first-order valence-corrected chi connectivity index (χ1v) is 9.64. The number of nitrogens with one attached hydrogen (secondary N) is 2. The molecule has 2 heterocycles. The van der Waals surface area contributed by atoms with E-state index in [1.54, 1.807) is 4.68 Å². The Labute approximate surface area is 172 Å². The molecular weight excluding hydrogens is 383 g/mol. The van der Waals surface area contributed by atoms with Crippen LogP contribution in [0, 0.1) is 5.92 Å². The van der Waals surface area contributed by atoms with Gasteiger partial charge in [0.25, 0.3) is 0 Å². The molecule has 1 saturated heterocycles. The summed E-state index contributed by atoms with van der Waals surface area (Å²) < 4.78 is 1.79. The Bertz CT molecular complexity index is 756. The Hall–Kier alpha value is -1.56. The second-order valence-electron chi connectivity index (χ2n) is 7.10. The van der Waals surface area contributed by atoms with Crippen molar-refractivity contribution < 1.29 is 4.79 Å². The number of rotatable bonds is 6. The van der Waals surface area contributed by atoms with Crippen LogP contribution in [0.3, 0.4) is 0 Å². The summed E-state index contributed by atoms with van der Waals surface area (Å²) in [5.41, 5.74) is 1.84. The number of benzene rings is 1. The van der Waals surface area contributed by atoms with Crippen molar-refractivity contribution in [1.29, 1.82) is 0 Å².